The lowest BCUT2D eigenvalue weighted by Crippen LogP contribution is -2.37. The number of benzene rings is 1. The molecule has 3 N–H and O–H groups in total. The molecule has 1 atom stereocenters. The van der Waals surface area contributed by atoms with Crippen molar-refractivity contribution in [3.05, 3.63) is 45.7 Å². The smallest absolute Gasteiger partial charge is 0.258 e. The molecule has 1 aromatic heterocycles. The molecule has 1 unspecified atom stereocenters. The number of aromatic amines is 1. The van der Waals surface area contributed by atoms with Crippen LogP contribution in [-0.2, 0) is 9.59 Å². The van der Waals surface area contributed by atoms with E-state index in [2.05, 4.69) is 20.6 Å². The van der Waals surface area contributed by atoms with Gasteiger partial charge in [0.2, 0.25) is 17.8 Å². The number of carbonyl (C=O) groups excluding carboxylic acids is 2. The maximum absolute atomic E-state index is 12.8. The maximum atomic E-state index is 12.8. The summed E-state index contributed by atoms with van der Waals surface area (Å²) in [6, 6.07) is 7.37. The molecule has 140 valence electrons. The van der Waals surface area contributed by atoms with Crippen LogP contribution in [0.25, 0.3) is 0 Å². The second kappa shape index (κ2) is 6.86. The number of hydrogen-bond donors (Lipinski definition) is 3. The molecule has 4 rings (SSSR count). The lowest BCUT2D eigenvalue weighted by Gasteiger charge is -2.25. The van der Waals surface area contributed by atoms with Crippen molar-refractivity contribution in [3.63, 3.8) is 0 Å². The Morgan fingerprint density at radius 1 is 1.22 bits per heavy atom. The molecule has 0 saturated carbocycles. The van der Waals surface area contributed by atoms with Gasteiger partial charge in [0.05, 0.1) is 11.5 Å². The quantitative estimate of drug-likeness (QED) is 0.766. The Kier molecular flexibility index (Phi) is 4.39. The number of carbonyl (C=O) groups is 2. The molecule has 1 saturated heterocycles. The number of para-hydroxylation sites is 1. The highest BCUT2D eigenvalue weighted by Gasteiger charge is 2.35. The number of nitrogens with one attached hydrogen (secondary N) is 3. The predicted octanol–water partition coefficient (Wildman–Crippen LogP) is 1.74. The summed E-state index contributed by atoms with van der Waals surface area (Å²) in [5.41, 5.74) is 1.39. The van der Waals surface area contributed by atoms with Crippen molar-refractivity contribution in [3.8, 4) is 0 Å². The summed E-state index contributed by atoms with van der Waals surface area (Å²) in [6.07, 6.45) is 1.99. The van der Waals surface area contributed by atoms with E-state index in [9.17, 15) is 14.4 Å². The van der Waals surface area contributed by atoms with Crippen LogP contribution in [0, 0.1) is 6.92 Å². The Hall–Kier alpha value is -3.16. The van der Waals surface area contributed by atoms with Gasteiger partial charge in [-0.25, -0.2) is 0 Å². The highest BCUT2D eigenvalue weighted by atomic mass is 16.2. The Labute approximate surface area is 156 Å². The van der Waals surface area contributed by atoms with Crippen LogP contribution in [0.2, 0.25) is 0 Å². The summed E-state index contributed by atoms with van der Waals surface area (Å²) >= 11 is 0. The molecule has 2 aliphatic rings. The Morgan fingerprint density at radius 2 is 1.96 bits per heavy atom. The minimum absolute atomic E-state index is 0.0848. The second-order valence-corrected chi connectivity index (χ2v) is 6.96. The third-order valence-electron chi connectivity index (χ3n) is 5.06. The minimum atomic E-state index is -0.878. The molecule has 1 fully saturated rings. The topological polar surface area (TPSA) is 107 Å². The average Bonchev–Trinajstić information content (AvgIpc) is 3.17. The van der Waals surface area contributed by atoms with Crippen molar-refractivity contribution in [2.24, 2.45) is 0 Å². The van der Waals surface area contributed by atoms with Gasteiger partial charge in [-0.3, -0.25) is 19.4 Å². The van der Waals surface area contributed by atoms with Crippen LogP contribution in [0.5, 0.6) is 0 Å². The van der Waals surface area contributed by atoms with E-state index in [1.807, 2.05) is 30.0 Å². The first-order valence-electron chi connectivity index (χ1n) is 9.08. The van der Waals surface area contributed by atoms with Crippen LogP contribution >= 0.6 is 0 Å². The Balaban J connectivity index is 1.68. The van der Waals surface area contributed by atoms with Gasteiger partial charge in [0.25, 0.3) is 5.56 Å². The Bertz CT molecular complexity index is 962. The summed E-state index contributed by atoms with van der Waals surface area (Å²) in [5.74, 6) is -0.963. The van der Waals surface area contributed by atoms with Gasteiger partial charge in [-0.05, 0) is 31.4 Å². The zero-order valence-corrected chi connectivity index (χ0v) is 15.0. The molecule has 1 aromatic carbocycles. The van der Waals surface area contributed by atoms with Gasteiger partial charge in [0.1, 0.15) is 5.82 Å². The summed E-state index contributed by atoms with van der Waals surface area (Å²) in [4.78, 5) is 46.9. The second-order valence-electron chi connectivity index (χ2n) is 6.96. The number of aryl methyl sites for hydroxylation is 1. The van der Waals surface area contributed by atoms with Crippen LogP contribution < -0.4 is 21.1 Å². The van der Waals surface area contributed by atoms with E-state index in [1.54, 1.807) is 6.07 Å². The molecule has 8 nitrogen and oxygen atoms in total. The first-order chi connectivity index (χ1) is 13.0. The van der Waals surface area contributed by atoms with Crippen molar-refractivity contribution < 1.29 is 9.59 Å². The highest BCUT2D eigenvalue weighted by molar-refractivity contribution is 6.04. The molecule has 8 heteroatoms. The number of H-pyrrole nitrogens is 1. The number of nitrogens with zero attached hydrogens (tertiary/aromatic N) is 2. The van der Waals surface area contributed by atoms with Crippen LogP contribution in [-0.4, -0.2) is 34.9 Å². The van der Waals surface area contributed by atoms with E-state index >= 15 is 0 Å². The maximum Gasteiger partial charge on any atom is 0.258 e. The van der Waals surface area contributed by atoms with Crippen molar-refractivity contribution >= 4 is 29.3 Å². The number of anilines is 3. The number of fused-ring (bicyclic) bond motifs is 1. The van der Waals surface area contributed by atoms with Crippen LogP contribution in [0.3, 0.4) is 0 Å². The number of rotatable bonds is 3. The Morgan fingerprint density at radius 3 is 2.70 bits per heavy atom. The van der Waals surface area contributed by atoms with E-state index in [-0.39, 0.29) is 35.2 Å². The van der Waals surface area contributed by atoms with Gasteiger partial charge < -0.3 is 15.5 Å². The standard InChI is InChI=1S/C19H21N5O3/c1-11-6-2-3-7-13(11)20-17(26)12-10-14(25)21-16-15(12)18(27)23-19(22-16)24-8-4-5-9-24/h2-3,6-7,12H,4-5,8-10H2,1H3,(H,20,26)(H2,21,22,23,25,27). The van der Waals surface area contributed by atoms with Gasteiger partial charge in [-0.1, -0.05) is 18.2 Å². The van der Waals surface area contributed by atoms with Crippen LogP contribution in [0.4, 0.5) is 17.5 Å². The summed E-state index contributed by atoms with van der Waals surface area (Å²) in [6.45, 7) is 3.51. The lowest BCUT2D eigenvalue weighted by atomic mass is 9.92. The fourth-order valence-corrected chi connectivity index (χ4v) is 3.60. The summed E-state index contributed by atoms with van der Waals surface area (Å²) in [7, 11) is 0. The highest BCUT2D eigenvalue weighted by Crippen LogP contribution is 2.31. The predicted molar refractivity (Wildman–Crippen MR) is 102 cm³/mol. The molecule has 27 heavy (non-hydrogen) atoms. The summed E-state index contributed by atoms with van der Waals surface area (Å²) in [5, 5.41) is 5.48. The number of hydrogen-bond acceptors (Lipinski definition) is 5. The fraction of sp³-hybridized carbons (Fsp3) is 0.368. The van der Waals surface area contributed by atoms with Crippen molar-refractivity contribution in [1.82, 2.24) is 9.97 Å². The van der Waals surface area contributed by atoms with E-state index in [1.165, 1.54) is 0 Å². The van der Waals surface area contributed by atoms with Crippen LogP contribution in [0.15, 0.2) is 29.1 Å². The van der Waals surface area contributed by atoms with Gasteiger partial charge in [-0.2, -0.15) is 4.98 Å². The SMILES string of the molecule is Cc1ccccc1NC(=O)C1CC(=O)Nc2nc(N3CCCC3)[nH]c(=O)c21. The molecule has 0 aliphatic carbocycles. The number of amides is 2. The lowest BCUT2D eigenvalue weighted by molar-refractivity contribution is -0.123. The molecule has 2 amide bonds. The zero-order valence-electron chi connectivity index (χ0n) is 15.0. The fourth-order valence-electron chi connectivity index (χ4n) is 3.60. The first-order valence-corrected chi connectivity index (χ1v) is 9.08. The van der Waals surface area contributed by atoms with Crippen molar-refractivity contribution in [1.29, 1.82) is 0 Å². The largest absolute Gasteiger partial charge is 0.342 e. The van der Waals surface area contributed by atoms with E-state index < -0.39 is 5.92 Å². The zero-order chi connectivity index (χ0) is 19.0. The first kappa shape index (κ1) is 17.3. The molecular weight excluding hydrogens is 346 g/mol. The normalized spacial score (nSPS) is 18.8. The van der Waals surface area contributed by atoms with Gasteiger partial charge >= 0.3 is 0 Å². The third kappa shape index (κ3) is 3.30. The molecule has 0 bridgehead atoms. The average molecular weight is 367 g/mol. The van der Waals surface area contributed by atoms with Gasteiger partial charge in [0.15, 0.2) is 0 Å². The minimum Gasteiger partial charge on any atom is -0.342 e. The van der Waals surface area contributed by atoms with E-state index in [4.69, 9.17) is 0 Å². The van der Waals surface area contributed by atoms with Crippen LogP contribution in [0.1, 0.15) is 36.3 Å². The molecule has 2 aliphatic heterocycles. The monoisotopic (exact) mass is 367 g/mol. The van der Waals surface area contributed by atoms with E-state index in [0.29, 0.717) is 11.6 Å². The van der Waals surface area contributed by atoms with E-state index in [0.717, 1.165) is 31.5 Å². The molecule has 2 aromatic rings. The summed E-state index contributed by atoms with van der Waals surface area (Å²) < 4.78 is 0. The molecular formula is C19H21N5O3. The third-order valence-corrected chi connectivity index (χ3v) is 5.06. The van der Waals surface area contributed by atoms with Gasteiger partial charge in [-0.15, -0.1) is 0 Å². The van der Waals surface area contributed by atoms with Crippen molar-refractivity contribution in [2.75, 3.05) is 28.6 Å². The van der Waals surface area contributed by atoms with Gasteiger partial charge in [0, 0.05) is 25.2 Å². The van der Waals surface area contributed by atoms with Crippen molar-refractivity contribution in [2.45, 2.75) is 32.1 Å². The molecule has 0 spiro atoms. The molecule has 3 heterocycles. The molecule has 0 radical (unpaired) electrons. The number of aromatic nitrogens is 2.